The van der Waals surface area contributed by atoms with Crippen LogP contribution in [-0.4, -0.2) is 55.1 Å². The monoisotopic (exact) mass is 470 g/mol. The predicted octanol–water partition coefficient (Wildman–Crippen LogP) is 2.98. The summed E-state index contributed by atoms with van der Waals surface area (Å²) in [6, 6.07) is 13.7. The molecule has 2 aromatic carbocycles. The van der Waals surface area contributed by atoms with Gasteiger partial charge in [0.25, 0.3) is 11.8 Å². The molecule has 1 aromatic heterocycles. The first-order valence-electron chi connectivity index (χ1n) is 10.2. The maximum Gasteiger partial charge on any atom is 0.270 e. The average Bonchev–Trinajstić information content (AvgIpc) is 3.18. The van der Waals surface area contributed by atoms with Crippen molar-refractivity contribution in [3.63, 3.8) is 0 Å². The minimum atomic E-state index is -0.409. The van der Waals surface area contributed by atoms with E-state index in [1.54, 1.807) is 30.0 Å². The number of rotatable bonds is 8. The van der Waals surface area contributed by atoms with Gasteiger partial charge in [0.2, 0.25) is 0 Å². The Morgan fingerprint density at radius 2 is 1.85 bits per heavy atom. The lowest BCUT2D eigenvalue weighted by molar-refractivity contribution is -0.00363. The molecule has 1 fully saturated rings. The Bertz CT molecular complexity index is 1160. The summed E-state index contributed by atoms with van der Waals surface area (Å²) in [6.07, 6.45) is 0. The van der Waals surface area contributed by atoms with Crippen molar-refractivity contribution in [1.29, 1.82) is 0 Å². The van der Waals surface area contributed by atoms with E-state index in [9.17, 15) is 9.59 Å². The largest absolute Gasteiger partial charge is 0.497 e. The van der Waals surface area contributed by atoms with E-state index in [0.717, 1.165) is 11.3 Å². The number of amides is 2. The van der Waals surface area contributed by atoms with Crippen molar-refractivity contribution >= 4 is 29.2 Å². The van der Waals surface area contributed by atoms with Crippen LogP contribution in [0.1, 0.15) is 26.4 Å². The number of aromatic nitrogens is 2. The number of halogens is 1. The predicted molar refractivity (Wildman–Crippen MR) is 122 cm³/mol. The van der Waals surface area contributed by atoms with Crippen LogP contribution in [-0.2, 0) is 11.3 Å². The number of anilines is 1. The van der Waals surface area contributed by atoms with Crippen LogP contribution in [0.3, 0.4) is 0 Å². The van der Waals surface area contributed by atoms with E-state index >= 15 is 0 Å². The Morgan fingerprint density at radius 1 is 1.09 bits per heavy atom. The Balaban J connectivity index is 1.56. The van der Waals surface area contributed by atoms with E-state index in [2.05, 4.69) is 15.7 Å². The maximum atomic E-state index is 12.9. The summed E-state index contributed by atoms with van der Waals surface area (Å²) >= 11 is 6.13. The van der Waals surface area contributed by atoms with Crippen LogP contribution in [0, 0.1) is 0 Å². The van der Waals surface area contributed by atoms with E-state index in [0.29, 0.717) is 41.8 Å². The molecule has 33 heavy (non-hydrogen) atoms. The summed E-state index contributed by atoms with van der Waals surface area (Å²) in [4.78, 5) is 25.6. The summed E-state index contributed by atoms with van der Waals surface area (Å²) in [5, 5.41) is 10.4. The number of hydrogen-bond donors (Lipinski definition) is 2. The van der Waals surface area contributed by atoms with Crippen LogP contribution in [0.25, 0.3) is 0 Å². The van der Waals surface area contributed by atoms with Crippen LogP contribution in [0.5, 0.6) is 11.5 Å². The Hall–Kier alpha value is -3.56. The zero-order chi connectivity index (χ0) is 23.4. The molecule has 0 saturated carbocycles. The zero-order valence-electron chi connectivity index (χ0n) is 18.1. The fourth-order valence-corrected chi connectivity index (χ4v) is 3.52. The van der Waals surface area contributed by atoms with Gasteiger partial charge in [-0.05, 0) is 35.9 Å². The SMILES string of the molecule is COc1ccc(Cn2nc(NC(=O)c3ccc(OC)c(Cl)c3)cc2C(=O)NC2COC2)cc1. The highest BCUT2D eigenvalue weighted by atomic mass is 35.5. The fourth-order valence-electron chi connectivity index (χ4n) is 3.26. The molecule has 4 rings (SSSR count). The van der Waals surface area contributed by atoms with Gasteiger partial charge in [-0.3, -0.25) is 14.3 Å². The lowest BCUT2D eigenvalue weighted by atomic mass is 10.2. The summed E-state index contributed by atoms with van der Waals surface area (Å²) < 4.78 is 17.0. The molecule has 0 bridgehead atoms. The number of nitrogens with one attached hydrogen (secondary N) is 2. The molecule has 0 atom stereocenters. The molecule has 3 aromatic rings. The van der Waals surface area contributed by atoms with E-state index in [1.807, 2.05) is 24.3 Å². The second-order valence-corrected chi connectivity index (χ2v) is 7.84. The smallest absolute Gasteiger partial charge is 0.270 e. The summed E-state index contributed by atoms with van der Waals surface area (Å²) in [5.41, 5.74) is 1.57. The molecular weight excluding hydrogens is 448 g/mol. The summed E-state index contributed by atoms with van der Waals surface area (Å²) in [5.74, 6) is 0.741. The standard InChI is InChI=1S/C23H23ClN4O5/c1-31-17-6-3-14(4-7-17)11-28-19(23(30)25-16-12-33-13-16)10-21(27-28)26-22(29)15-5-8-20(32-2)18(24)9-15/h3-10,16H,11-13H2,1-2H3,(H,25,30)(H,26,27,29). The van der Waals surface area contributed by atoms with Crippen molar-refractivity contribution in [3.8, 4) is 11.5 Å². The number of carbonyl (C=O) groups is 2. The molecule has 2 N–H and O–H groups in total. The highest BCUT2D eigenvalue weighted by molar-refractivity contribution is 6.32. The van der Waals surface area contributed by atoms with Gasteiger partial charge in [0, 0.05) is 11.6 Å². The second-order valence-electron chi connectivity index (χ2n) is 7.43. The minimum Gasteiger partial charge on any atom is -0.497 e. The van der Waals surface area contributed by atoms with Gasteiger partial charge < -0.3 is 24.8 Å². The minimum absolute atomic E-state index is 0.0404. The number of nitrogens with zero attached hydrogens (tertiary/aromatic N) is 2. The van der Waals surface area contributed by atoms with E-state index in [4.69, 9.17) is 25.8 Å². The number of carbonyl (C=O) groups excluding carboxylic acids is 2. The van der Waals surface area contributed by atoms with Crippen molar-refractivity contribution in [2.45, 2.75) is 12.6 Å². The van der Waals surface area contributed by atoms with Gasteiger partial charge in [-0.25, -0.2) is 0 Å². The maximum absolute atomic E-state index is 12.9. The van der Waals surface area contributed by atoms with Crippen LogP contribution >= 0.6 is 11.6 Å². The Kier molecular flexibility index (Phi) is 6.81. The molecule has 1 aliphatic heterocycles. The van der Waals surface area contributed by atoms with Crippen LogP contribution in [0.2, 0.25) is 5.02 Å². The molecule has 0 radical (unpaired) electrons. The van der Waals surface area contributed by atoms with E-state index in [1.165, 1.54) is 13.2 Å². The molecule has 1 aliphatic rings. The molecule has 0 aliphatic carbocycles. The van der Waals surface area contributed by atoms with Crippen LogP contribution in [0.15, 0.2) is 48.5 Å². The number of ether oxygens (including phenoxy) is 3. The molecule has 1 saturated heterocycles. The van der Waals surface area contributed by atoms with E-state index < -0.39 is 5.91 Å². The first-order valence-corrected chi connectivity index (χ1v) is 10.6. The van der Waals surface area contributed by atoms with Gasteiger partial charge in [-0.2, -0.15) is 5.10 Å². The Labute approximate surface area is 195 Å². The fraction of sp³-hybridized carbons (Fsp3) is 0.261. The highest BCUT2D eigenvalue weighted by Gasteiger charge is 2.24. The van der Waals surface area contributed by atoms with Gasteiger partial charge in [0.15, 0.2) is 5.82 Å². The summed E-state index contributed by atoms with van der Waals surface area (Å²) in [7, 11) is 3.10. The number of benzene rings is 2. The second kappa shape index (κ2) is 9.93. The highest BCUT2D eigenvalue weighted by Crippen LogP contribution is 2.25. The third kappa shape index (κ3) is 5.27. The van der Waals surface area contributed by atoms with Gasteiger partial charge in [0.05, 0.1) is 45.0 Å². The topological polar surface area (TPSA) is 104 Å². The number of methoxy groups -OCH3 is 2. The average molecular weight is 471 g/mol. The third-order valence-electron chi connectivity index (χ3n) is 5.13. The molecule has 2 heterocycles. The normalized spacial score (nSPS) is 13.2. The first kappa shape index (κ1) is 22.6. The van der Waals surface area contributed by atoms with E-state index in [-0.39, 0.29) is 17.8 Å². The molecule has 2 amide bonds. The van der Waals surface area contributed by atoms with Gasteiger partial charge >= 0.3 is 0 Å². The quantitative estimate of drug-likeness (QED) is 0.524. The lowest BCUT2D eigenvalue weighted by Crippen LogP contribution is -2.49. The first-order chi connectivity index (χ1) is 16.0. The number of hydrogen-bond acceptors (Lipinski definition) is 6. The molecule has 0 unspecified atom stereocenters. The van der Waals surface area contributed by atoms with Crippen molar-refractivity contribution in [2.75, 3.05) is 32.8 Å². The Morgan fingerprint density at radius 3 is 2.45 bits per heavy atom. The van der Waals surface area contributed by atoms with Crippen molar-refractivity contribution in [3.05, 3.63) is 70.4 Å². The zero-order valence-corrected chi connectivity index (χ0v) is 18.9. The molecular formula is C23H23ClN4O5. The van der Waals surface area contributed by atoms with Gasteiger partial charge in [0.1, 0.15) is 17.2 Å². The molecule has 172 valence electrons. The molecule has 0 spiro atoms. The third-order valence-corrected chi connectivity index (χ3v) is 5.43. The van der Waals surface area contributed by atoms with Crippen molar-refractivity contribution < 1.29 is 23.8 Å². The summed E-state index contributed by atoms with van der Waals surface area (Å²) in [6.45, 7) is 1.28. The lowest BCUT2D eigenvalue weighted by Gasteiger charge is -2.26. The van der Waals surface area contributed by atoms with Gasteiger partial charge in [-0.1, -0.05) is 23.7 Å². The molecule has 10 heteroatoms. The van der Waals surface area contributed by atoms with Gasteiger partial charge in [-0.15, -0.1) is 0 Å². The van der Waals surface area contributed by atoms with Crippen LogP contribution in [0.4, 0.5) is 5.82 Å². The van der Waals surface area contributed by atoms with Crippen LogP contribution < -0.4 is 20.1 Å². The van der Waals surface area contributed by atoms with Crippen molar-refractivity contribution in [2.24, 2.45) is 0 Å². The molecule has 9 nitrogen and oxygen atoms in total. The van der Waals surface area contributed by atoms with Crippen molar-refractivity contribution in [1.82, 2.24) is 15.1 Å².